The fraction of sp³-hybridized carbons (Fsp3) is 0.600. The van der Waals surface area contributed by atoms with E-state index in [2.05, 4.69) is 40.4 Å². The third-order valence-corrected chi connectivity index (χ3v) is 3.69. The lowest BCUT2D eigenvalue weighted by molar-refractivity contribution is -0.138. The quantitative estimate of drug-likeness (QED) is 0.755. The molecule has 0 fully saturated rings. The number of hydrogen-bond acceptors (Lipinski definition) is 2. The van der Waals surface area contributed by atoms with Crippen LogP contribution >= 0.6 is 15.9 Å². The molecule has 1 aromatic rings. The van der Waals surface area contributed by atoms with E-state index in [0.29, 0.717) is 18.0 Å². The number of hydrogen-bond donors (Lipinski definition) is 2. The first-order valence-corrected chi connectivity index (χ1v) is 7.79. The Bertz CT molecular complexity index is 447. The van der Waals surface area contributed by atoms with Crippen molar-refractivity contribution in [3.63, 3.8) is 0 Å². The first-order chi connectivity index (χ1) is 9.70. The summed E-state index contributed by atoms with van der Waals surface area (Å²) in [6.45, 7) is 8.41. The van der Waals surface area contributed by atoms with Crippen LogP contribution in [0.3, 0.4) is 0 Å². The minimum absolute atomic E-state index is 0.0744. The van der Waals surface area contributed by atoms with Gasteiger partial charge in [-0.05, 0) is 37.1 Å². The summed E-state index contributed by atoms with van der Waals surface area (Å²) in [7, 11) is 0. The normalized spacial score (nSPS) is 13.7. The van der Waals surface area contributed by atoms with Gasteiger partial charge in [0.15, 0.2) is 0 Å². The van der Waals surface area contributed by atoms with Crippen LogP contribution in [0.1, 0.15) is 31.9 Å². The van der Waals surface area contributed by atoms with E-state index in [1.165, 1.54) is 12.1 Å². The predicted molar refractivity (Wildman–Crippen MR) is 83.2 cm³/mol. The Morgan fingerprint density at radius 1 is 1.14 bits per heavy atom. The maximum atomic E-state index is 12.8. The van der Waals surface area contributed by atoms with Crippen LogP contribution in [0.25, 0.3) is 0 Å². The molecule has 0 aliphatic rings. The largest absolute Gasteiger partial charge is 0.417 e. The predicted octanol–water partition coefficient (Wildman–Crippen LogP) is 4.19. The van der Waals surface area contributed by atoms with Gasteiger partial charge in [-0.25, -0.2) is 0 Å². The molecule has 0 aromatic heterocycles. The highest BCUT2D eigenvalue weighted by molar-refractivity contribution is 9.10. The van der Waals surface area contributed by atoms with Crippen molar-refractivity contribution in [2.75, 3.05) is 13.1 Å². The van der Waals surface area contributed by atoms with Gasteiger partial charge in [-0.3, -0.25) is 0 Å². The number of alkyl halides is 3. The van der Waals surface area contributed by atoms with Crippen molar-refractivity contribution in [2.24, 2.45) is 5.92 Å². The van der Waals surface area contributed by atoms with E-state index in [0.717, 1.165) is 13.1 Å². The topological polar surface area (TPSA) is 24.1 Å². The van der Waals surface area contributed by atoms with Gasteiger partial charge >= 0.3 is 6.18 Å². The lowest BCUT2D eigenvalue weighted by Gasteiger charge is -2.17. The van der Waals surface area contributed by atoms with Crippen LogP contribution in [-0.2, 0) is 12.7 Å². The van der Waals surface area contributed by atoms with Gasteiger partial charge in [-0.2, -0.15) is 13.2 Å². The lowest BCUT2D eigenvalue weighted by atomic mass is 10.1. The molecule has 0 saturated carbocycles. The second kappa shape index (κ2) is 8.15. The summed E-state index contributed by atoms with van der Waals surface area (Å²) in [6, 6.07) is 4.52. The molecule has 1 aromatic carbocycles. The van der Waals surface area contributed by atoms with Gasteiger partial charge in [0.1, 0.15) is 0 Å². The second-order valence-corrected chi connectivity index (χ2v) is 6.50. The lowest BCUT2D eigenvalue weighted by Crippen LogP contribution is -2.37. The first-order valence-electron chi connectivity index (χ1n) is 7.00. The Kier molecular flexibility index (Phi) is 7.16. The van der Waals surface area contributed by atoms with Gasteiger partial charge in [-0.1, -0.05) is 35.8 Å². The molecule has 1 atom stereocenters. The molecule has 1 unspecified atom stereocenters. The van der Waals surface area contributed by atoms with Crippen LogP contribution in [0.4, 0.5) is 13.2 Å². The fourth-order valence-corrected chi connectivity index (χ4v) is 2.32. The molecule has 6 heteroatoms. The van der Waals surface area contributed by atoms with E-state index < -0.39 is 11.7 Å². The summed E-state index contributed by atoms with van der Waals surface area (Å²) < 4.78 is 38.5. The van der Waals surface area contributed by atoms with Crippen LogP contribution in [0.2, 0.25) is 0 Å². The van der Waals surface area contributed by atoms with Gasteiger partial charge in [0.2, 0.25) is 0 Å². The summed E-state index contributed by atoms with van der Waals surface area (Å²) in [5.41, 5.74) is -0.00591. The van der Waals surface area contributed by atoms with Gasteiger partial charge in [0.25, 0.3) is 0 Å². The molecule has 0 radical (unpaired) electrons. The summed E-state index contributed by atoms with van der Waals surface area (Å²) >= 11 is 2.94. The fourth-order valence-electron chi connectivity index (χ4n) is 1.85. The zero-order valence-corrected chi connectivity index (χ0v) is 14.1. The highest BCUT2D eigenvalue weighted by atomic mass is 79.9. The van der Waals surface area contributed by atoms with Crippen LogP contribution in [-0.4, -0.2) is 19.1 Å². The summed E-state index contributed by atoms with van der Waals surface area (Å²) in [5.74, 6) is 0.581. The number of nitrogens with one attached hydrogen (secondary N) is 2. The van der Waals surface area contributed by atoms with Crippen molar-refractivity contribution < 1.29 is 13.2 Å². The van der Waals surface area contributed by atoms with Crippen LogP contribution in [0, 0.1) is 5.92 Å². The molecule has 120 valence electrons. The summed E-state index contributed by atoms with van der Waals surface area (Å²) in [6.07, 6.45) is -4.33. The first kappa shape index (κ1) is 18.5. The van der Waals surface area contributed by atoms with Gasteiger partial charge in [0, 0.05) is 23.6 Å². The molecule has 0 aliphatic heterocycles. The monoisotopic (exact) mass is 366 g/mol. The van der Waals surface area contributed by atoms with Crippen LogP contribution < -0.4 is 10.6 Å². The highest BCUT2D eigenvalue weighted by Gasteiger charge is 2.33. The Morgan fingerprint density at radius 3 is 2.38 bits per heavy atom. The molecule has 0 spiro atoms. The molecular formula is C15H22BrF3N2. The number of halogens is 4. The average molecular weight is 367 g/mol. The third-order valence-electron chi connectivity index (χ3n) is 2.99. The van der Waals surface area contributed by atoms with Crippen molar-refractivity contribution in [1.29, 1.82) is 0 Å². The van der Waals surface area contributed by atoms with Crippen molar-refractivity contribution in [3.05, 3.63) is 33.8 Å². The van der Waals surface area contributed by atoms with E-state index in [1.807, 2.05) is 6.92 Å². The van der Waals surface area contributed by atoms with E-state index in [9.17, 15) is 13.2 Å². The molecule has 21 heavy (non-hydrogen) atoms. The smallest absolute Gasteiger partial charge is 0.315 e. The number of rotatable bonds is 7. The molecule has 0 amide bonds. The molecule has 0 aliphatic carbocycles. The van der Waals surface area contributed by atoms with Crippen molar-refractivity contribution in [1.82, 2.24) is 10.6 Å². The Morgan fingerprint density at radius 2 is 1.81 bits per heavy atom. The molecule has 1 rings (SSSR count). The standard InChI is InChI=1S/C15H22BrF3N2/c1-10(2)7-20-8-11(3)21-9-12-4-5-14(16)13(6-12)15(17,18)19/h4-6,10-11,20-21H,7-9H2,1-3H3. The Balaban J connectivity index is 2.52. The van der Waals surface area contributed by atoms with E-state index >= 15 is 0 Å². The minimum Gasteiger partial charge on any atom is -0.315 e. The molecule has 0 saturated heterocycles. The SMILES string of the molecule is CC(C)CNCC(C)NCc1ccc(Br)c(C(F)(F)F)c1. The van der Waals surface area contributed by atoms with Gasteiger partial charge < -0.3 is 10.6 Å². The van der Waals surface area contributed by atoms with Crippen molar-refractivity contribution in [3.8, 4) is 0 Å². The maximum Gasteiger partial charge on any atom is 0.417 e. The Hall–Kier alpha value is -0.590. The number of benzene rings is 1. The average Bonchev–Trinajstić information content (AvgIpc) is 2.36. The van der Waals surface area contributed by atoms with Gasteiger partial charge in [0.05, 0.1) is 5.56 Å². The molecular weight excluding hydrogens is 345 g/mol. The highest BCUT2D eigenvalue weighted by Crippen LogP contribution is 2.35. The van der Waals surface area contributed by atoms with Crippen molar-refractivity contribution in [2.45, 2.75) is 39.5 Å². The van der Waals surface area contributed by atoms with E-state index in [1.54, 1.807) is 6.07 Å². The van der Waals surface area contributed by atoms with Crippen LogP contribution in [0.5, 0.6) is 0 Å². The Labute approximate surface area is 132 Å². The van der Waals surface area contributed by atoms with Crippen molar-refractivity contribution >= 4 is 15.9 Å². The van der Waals surface area contributed by atoms with E-state index in [-0.39, 0.29) is 10.5 Å². The summed E-state index contributed by atoms with van der Waals surface area (Å²) in [4.78, 5) is 0. The maximum absolute atomic E-state index is 12.8. The van der Waals surface area contributed by atoms with E-state index in [4.69, 9.17) is 0 Å². The molecule has 2 nitrogen and oxygen atoms in total. The third kappa shape index (κ3) is 6.80. The molecule has 0 heterocycles. The second-order valence-electron chi connectivity index (χ2n) is 5.65. The van der Waals surface area contributed by atoms with Gasteiger partial charge in [-0.15, -0.1) is 0 Å². The molecule has 0 bridgehead atoms. The van der Waals surface area contributed by atoms with Crippen LogP contribution in [0.15, 0.2) is 22.7 Å². The summed E-state index contributed by atoms with van der Waals surface area (Å²) in [5, 5.41) is 6.54. The molecule has 2 N–H and O–H groups in total. The zero-order chi connectivity index (χ0) is 16.0. The minimum atomic E-state index is -4.33. The zero-order valence-electron chi connectivity index (χ0n) is 12.5.